The molecule has 1 N–H and O–H groups in total. The molecule has 1 aromatic carbocycles. The zero-order valence-electron chi connectivity index (χ0n) is 17.8. The molecule has 0 atom stereocenters. The number of benzene rings is 1. The number of rotatable bonds is 5. The maximum atomic E-state index is 13.4. The molecule has 0 aliphatic heterocycles. The summed E-state index contributed by atoms with van der Waals surface area (Å²) in [7, 11) is 0. The molecule has 5 rings (SSSR count). The molecule has 0 radical (unpaired) electrons. The number of carbonyl (C=O) groups excluding carboxylic acids is 1. The molecular formula is C23H20N6O2S. The number of hydrogen-bond acceptors (Lipinski definition) is 7. The Balaban J connectivity index is 1.50. The van der Waals surface area contributed by atoms with Crippen LogP contribution in [0.1, 0.15) is 33.2 Å². The van der Waals surface area contributed by atoms with Gasteiger partial charge >= 0.3 is 0 Å². The number of amides is 1. The third kappa shape index (κ3) is 3.67. The van der Waals surface area contributed by atoms with Crippen LogP contribution >= 0.6 is 11.3 Å². The Labute approximate surface area is 187 Å². The molecule has 4 heterocycles. The minimum Gasteiger partial charge on any atom is -0.361 e. The van der Waals surface area contributed by atoms with Gasteiger partial charge in [-0.15, -0.1) is 11.3 Å². The van der Waals surface area contributed by atoms with E-state index >= 15 is 0 Å². The summed E-state index contributed by atoms with van der Waals surface area (Å²) in [5.41, 5.74) is 5.00. The highest BCUT2D eigenvalue weighted by Gasteiger charge is 2.19. The molecule has 8 nitrogen and oxygen atoms in total. The van der Waals surface area contributed by atoms with Crippen molar-refractivity contribution < 1.29 is 9.32 Å². The highest BCUT2D eigenvalue weighted by molar-refractivity contribution is 7.13. The predicted octanol–water partition coefficient (Wildman–Crippen LogP) is 4.77. The van der Waals surface area contributed by atoms with Gasteiger partial charge in [-0.25, -0.2) is 9.97 Å². The maximum Gasteiger partial charge on any atom is 0.256 e. The fourth-order valence-electron chi connectivity index (χ4n) is 3.68. The monoisotopic (exact) mass is 444 g/mol. The van der Waals surface area contributed by atoms with E-state index in [1.54, 1.807) is 12.3 Å². The molecule has 32 heavy (non-hydrogen) atoms. The second kappa shape index (κ2) is 8.01. The molecule has 4 aromatic heterocycles. The average Bonchev–Trinajstić information content (AvgIpc) is 3.52. The number of thiazole rings is 1. The molecule has 0 fully saturated rings. The van der Waals surface area contributed by atoms with E-state index in [9.17, 15) is 4.79 Å². The Morgan fingerprint density at radius 1 is 1.19 bits per heavy atom. The Bertz CT molecular complexity index is 1430. The first-order chi connectivity index (χ1) is 15.5. The summed E-state index contributed by atoms with van der Waals surface area (Å²) >= 11 is 1.49. The lowest BCUT2D eigenvalue weighted by atomic mass is 10.1. The van der Waals surface area contributed by atoms with Crippen LogP contribution in [0.15, 0.2) is 52.5 Å². The summed E-state index contributed by atoms with van der Waals surface area (Å²) in [6.07, 6.45) is 1.73. The van der Waals surface area contributed by atoms with E-state index in [1.807, 2.05) is 61.2 Å². The van der Waals surface area contributed by atoms with Gasteiger partial charge in [0.2, 0.25) is 0 Å². The minimum absolute atomic E-state index is 0.218. The van der Waals surface area contributed by atoms with Crippen LogP contribution in [0.2, 0.25) is 0 Å². The molecule has 1 amide bonds. The Morgan fingerprint density at radius 3 is 2.78 bits per heavy atom. The molecule has 0 saturated carbocycles. The van der Waals surface area contributed by atoms with E-state index < -0.39 is 0 Å². The van der Waals surface area contributed by atoms with E-state index in [0.717, 1.165) is 38.8 Å². The van der Waals surface area contributed by atoms with Crippen LogP contribution in [-0.2, 0) is 6.54 Å². The van der Waals surface area contributed by atoms with Crippen molar-refractivity contribution in [1.29, 1.82) is 0 Å². The topological polar surface area (TPSA) is 98.7 Å². The van der Waals surface area contributed by atoms with Gasteiger partial charge in [0.1, 0.15) is 22.2 Å². The SMILES string of the molecule is Cc1cc(Cn2nc(C)c(NC(=O)c3cc(-c4nccs4)nc4ccccc34)c2C)no1. The van der Waals surface area contributed by atoms with Gasteiger partial charge in [-0.1, -0.05) is 23.4 Å². The van der Waals surface area contributed by atoms with Gasteiger partial charge in [0, 0.05) is 23.0 Å². The van der Waals surface area contributed by atoms with Crippen molar-refractivity contribution in [3.63, 3.8) is 0 Å². The molecule has 160 valence electrons. The highest BCUT2D eigenvalue weighted by atomic mass is 32.1. The third-order valence-electron chi connectivity index (χ3n) is 5.22. The van der Waals surface area contributed by atoms with Crippen LogP contribution in [0, 0.1) is 20.8 Å². The standard InChI is InChI=1S/C23H20N6O2S/c1-13-10-16(28-31-13)12-29-15(3)21(14(2)27-29)26-22(30)18-11-20(23-24-8-9-32-23)25-19-7-5-4-6-17(18)19/h4-11H,12H2,1-3H3,(H,26,30). The summed E-state index contributed by atoms with van der Waals surface area (Å²) in [6.45, 7) is 6.11. The van der Waals surface area contributed by atoms with Gasteiger partial charge in [0.15, 0.2) is 0 Å². The van der Waals surface area contributed by atoms with Crippen molar-refractivity contribution in [2.24, 2.45) is 0 Å². The minimum atomic E-state index is -0.218. The van der Waals surface area contributed by atoms with E-state index in [1.165, 1.54) is 11.3 Å². The number of aryl methyl sites for hydroxylation is 2. The molecule has 0 aliphatic carbocycles. The van der Waals surface area contributed by atoms with E-state index in [2.05, 4.69) is 20.6 Å². The zero-order valence-corrected chi connectivity index (χ0v) is 18.6. The number of nitrogens with one attached hydrogen (secondary N) is 1. The van der Waals surface area contributed by atoms with Crippen LogP contribution in [0.5, 0.6) is 0 Å². The molecule has 9 heteroatoms. The molecule has 0 unspecified atom stereocenters. The number of para-hydroxylation sites is 1. The lowest BCUT2D eigenvalue weighted by Crippen LogP contribution is -2.14. The largest absolute Gasteiger partial charge is 0.361 e. The van der Waals surface area contributed by atoms with E-state index in [0.29, 0.717) is 23.5 Å². The summed E-state index contributed by atoms with van der Waals surface area (Å²) in [6, 6.07) is 11.3. The number of nitrogens with zero attached hydrogens (tertiary/aromatic N) is 5. The van der Waals surface area contributed by atoms with Crippen LogP contribution in [-0.4, -0.2) is 30.8 Å². The van der Waals surface area contributed by atoms with Gasteiger partial charge in [-0.2, -0.15) is 5.10 Å². The van der Waals surface area contributed by atoms with Crippen LogP contribution in [0.25, 0.3) is 21.6 Å². The first-order valence-corrected chi connectivity index (χ1v) is 10.9. The zero-order chi connectivity index (χ0) is 22.2. The number of aromatic nitrogens is 5. The molecule has 5 aromatic rings. The highest BCUT2D eigenvalue weighted by Crippen LogP contribution is 2.28. The van der Waals surface area contributed by atoms with Gasteiger partial charge < -0.3 is 9.84 Å². The second-order valence-electron chi connectivity index (χ2n) is 7.50. The predicted molar refractivity (Wildman–Crippen MR) is 123 cm³/mol. The fraction of sp³-hybridized carbons (Fsp3) is 0.174. The number of pyridine rings is 1. The van der Waals surface area contributed by atoms with Gasteiger partial charge in [0.05, 0.1) is 34.7 Å². The average molecular weight is 445 g/mol. The maximum absolute atomic E-state index is 13.4. The Hall–Kier alpha value is -3.85. The molecule has 0 spiro atoms. The first kappa shape index (κ1) is 20.1. The van der Waals surface area contributed by atoms with Crippen molar-refractivity contribution in [2.75, 3.05) is 5.32 Å². The molecular weight excluding hydrogens is 424 g/mol. The summed E-state index contributed by atoms with van der Waals surface area (Å²) < 4.78 is 6.96. The first-order valence-electron chi connectivity index (χ1n) is 10.1. The van der Waals surface area contributed by atoms with Gasteiger partial charge in [-0.05, 0) is 32.9 Å². The Morgan fingerprint density at radius 2 is 2.03 bits per heavy atom. The second-order valence-corrected chi connectivity index (χ2v) is 8.39. The Kier molecular flexibility index (Phi) is 5.02. The normalized spacial score (nSPS) is 11.2. The smallest absolute Gasteiger partial charge is 0.256 e. The summed E-state index contributed by atoms with van der Waals surface area (Å²) in [5.74, 6) is 0.528. The third-order valence-corrected chi connectivity index (χ3v) is 6.02. The van der Waals surface area contributed by atoms with Gasteiger partial charge in [-0.3, -0.25) is 9.48 Å². The number of anilines is 1. The van der Waals surface area contributed by atoms with Crippen LogP contribution in [0.4, 0.5) is 5.69 Å². The van der Waals surface area contributed by atoms with Crippen molar-refractivity contribution in [2.45, 2.75) is 27.3 Å². The van der Waals surface area contributed by atoms with Crippen LogP contribution < -0.4 is 5.32 Å². The fourth-order valence-corrected chi connectivity index (χ4v) is 4.28. The lowest BCUT2D eigenvalue weighted by Gasteiger charge is -2.10. The van der Waals surface area contributed by atoms with E-state index in [-0.39, 0.29) is 5.91 Å². The van der Waals surface area contributed by atoms with Crippen molar-refractivity contribution >= 4 is 33.8 Å². The van der Waals surface area contributed by atoms with E-state index in [4.69, 9.17) is 9.51 Å². The summed E-state index contributed by atoms with van der Waals surface area (Å²) in [5, 5.41) is 15.1. The number of carbonyl (C=O) groups is 1. The lowest BCUT2D eigenvalue weighted by molar-refractivity contribution is 0.102. The quantitative estimate of drug-likeness (QED) is 0.419. The van der Waals surface area contributed by atoms with Gasteiger partial charge in [0.25, 0.3) is 5.91 Å². The molecule has 0 aliphatic rings. The van der Waals surface area contributed by atoms with Crippen molar-refractivity contribution in [3.05, 3.63) is 76.4 Å². The molecule has 0 saturated heterocycles. The van der Waals surface area contributed by atoms with Crippen LogP contribution in [0.3, 0.4) is 0 Å². The van der Waals surface area contributed by atoms with Crippen molar-refractivity contribution in [3.8, 4) is 10.7 Å². The number of fused-ring (bicyclic) bond motifs is 1. The summed E-state index contributed by atoms with van der Waals surface area (Å²) in [4.78, 5) is 22.4. The van der Waals surface area contributed by atoms with Crippen molar-refractivity contribution in [1.82, 2.24) is 24.9 Å². The number of hydrogen-bond donors (Lipinski definition) is 1. The molecule has 0 bridgehead atoms.